The van der Waals surface area contributed by atoms with Crippen LogP contribution in [-0.2, 0) is 4.74 Å². The van der Waals surface area contributed by atoms with Gasteiger partial charge in [0, 0.05) is 17.6 Å². The lowest BCUT2D eigenvalue weighted by Crippen LogP contribution is -2.20. The summed E-state index contributed by atoms with van der Waals surface area (Å²) in [4.78, 5) is 4.15. The van der Waals surface area contributed by atoms with E-state index >= 15 is 0 Å². The van der Waals surface area contributed by atoms with E-state index in [0.717, 1.165) is 5.39 Å². The second-order valence-electron chi connectivity index (χ2n) is 4.28. The molecule has 0 unspecified atom stereocenters. The van der Waals surface area contributed by atoms with Crippen LogP contribution in [0.2, 0.25) is 0 Å². The number of fused-ring (bicyclic) bond motifs is 1. The maximum Gasteiger partial charge on any atom is 0.411 e. The third-order valence-corrected chi connectivity index (χ3v) is 2.66. The van der Waals surface area contributed by atoms with Crippen molar-refractivity contribution < 1.29 is 17.9 Å². The Morgan fingerprint density at radius 3 is 2.76 bits per heavy atom. The molecule has 0 aliphatic rings. The number of hydrogen-bond donors (Lipinski definition) is 1. The van der Waals surface area contributed by atoms with Crippen LogP contribution < -0.4 is 5.32 Å². The van der Waals surface area contributed by atoms with E-state index in [0.29, 0.717) is 11.2 Å². The van der Waals surface area contributed by atoms with Crippen molar-refractivity contribution in [1.29, 1.82) is 5.26 Å². The quantitative estimate of drug-likeness (QED) is 0.861. The Bertz CT molecular complexity index is 665. The Hall–Kier alpha value is -2.33. The molecule has 1 heterocycles. The van der Waals surface area contributed by atoms with Crippen molar-refractivity contribution in [3.8, 4) is 6.07 Å². The first-order chi connectivity index (χ1) is 9.99. The average molecular weight is 295 g/mol. The Kier molecular flexibility index (Phi) is 4.60. The number of nitrogens with zero attached hydrogens (tertiary/aromatic N) is 2. The van der Waals surface area contributed by atoms with Crippen molar-refractivity contribution in [2.45, 2.75) is 6.18 Å². The van der Waals surface area contributed by atoms with Crippen LogP contribution in [0.25, 0.3) is 10.9 Å². The maximum absolute atomic E-state index is 11.9. The third kappa shape index (κ3) is 4.33. The van der Waals surface area contributed by atoms with Gasteiger partial charge in [-0.3, -0.25) is 0 Å². The number of pyridine rings is 1. The Morgan fingerprint density at radius 2 is 2.05 bits per heavy atom. The van der Waals surface area contributed by atoms with Gasteiger partial charge in [-0.1, -0.05) is 18.2 Å². The molecular weight excluding hydrogens is 283 g/mol. The molecule has 21 heavy (non-hydrogen) atoms. The van der Waals surface area contributed by atoms with Crippen LogP contribution in [0.5, 0.6) is 0 Å². The van der Waals surface area contributed by atoms with Crippen LogP contribution in [0.3, 0.4) is 0 Å². The zero-order chi connectivity index (χ0) is 15.3. The highest BCUT2D eigenvalue weighted by Gasteiger charge is 2.27. The molecular formula is C14H12F3N3O. The molecule has 4 nitrogen and oxygen atoms in total. The number of benzene rings is 1. The SMILES string of the molecule is N#Cc1cc(NCCOCC(F)(F)F)c2ccccc2n1. The largest absolute Gasteiger partial charge is 0.411 e. The maximum atomic E-state index is 11.9. The lowest BCUT2D eigenvalue weighted by molar-refractivity contribution is -0.172. The van der Waals surface area contributed by atoms with E-state index in [9.17, 15) is 13.2 Å². The van der Waals surface area contributed by atoms with Gasteiger partial charge < -0.3 is 10.1 Å². The molecule has 1 N–H and O–H groups in total. The standard InChI is InChI=1S/C14H12F3N3O/c15-14(16,17)9-21-6-5-19-13-7-10(8-18)20-12-4-2-1-3-11(12)13/h1-4,7H,5-6,9H2,(H,19,20). The van der Waals surface area contributed by atoms with E-state index < -0.39 is 12.8 Å². The monoisotopic (exact) mass is 295 g/mol. The number of halogens is 3. The zero-order valence-corrected chi connectivity index (χ0v) is 10.9. The summed E-state index contributed by atoms with van der Waals surface area (Å²) in [5, 5.41) is 12.7. The zero-order valence-electron chi connectivity index (χ0n) is 10.9. The van der Waals surface area contributed by atoms with E-state index in [2.05, 4.69) is 15.0 Å². The molecule has 1 aromatic heterocycles. The Balaban J connectivity index is 2.03. The predicted molar refractivity (Wildman–Crippen MR) is 71.8 cm³/mol. The van der Waals surface area contributed by atoms with Crippen LogP contribution in [-0.4, -0.2) is 30.9 Å². The average Bonchev–Trinajstić information content (AvgIpc) is 2.45. The van der Waals surface area contributed by atoms with E-state index in [1.54, 1.807) is 18.2 Å². The van der Waals surface area contributed by atoms with Crippen LogP contribution in [0, 0.1) is 11.3 Å². The number of hydrogen-bond acceptors (Lipinski definition) is 4. The van der Waals surface area contributed by atoms with Gasteiger partial charge in [-0.2, -0.15) is 18.4 Å². The molecule has 0 radical (unpaired) electrons. The number of alkyl halides is 3. The fourth-order valence-electron chi connectivity index (χ4n) is 1.82. The smallest absolute Gasteiger partial charge is 0.382 e. The summed E-state index contributed by atoms with van der Waals surface area (Å²) in [6.45, 7) is -1.15. The lowest BCUT2D eigenvalue weighted by Gasteiger charge is -2.11. The van der Waals surface area contributed by atoms with Crippen molar-refractivity contribution in [3.63, 3.8) is 0 Å². The van der Waals surface area contributed by atoms with Gasteiger partial charge in [-0.15, -0.1) is 0 Å². The van der Waals surface area contributed by atoms with Gasteiger partial charge in [0.1, 0.15) is 18.4 Å². The van der Waals surface area contributed by atoms with Crippen molar-refractivity contribution in [1.82, 2.24) is 4.98 Å². The van der Waals surface area contributed by atoms with Crippen molar-refractivity contribution >= 4 is 16.6 Å². The summed E-state index contributed by atoms with van der Waals surface area (Å²) in [6, 6.07) is 10.7. The summed E-state index contributed by atoms with van der Waals surface area (Å²) >= 11 is 0. The summed E-state index contributed by atoms with van der Waals surface area (Å²) in [7, 11) is 0. The number of nitriles is 1. The van der Waals surface area contributed by atoms with Crippen LogP contribution in [0.15, 0.2) is 30.3 Å². The molecule has 0 spiro atoms. The van der Waals surface area contributed by atoms with Gasteiger partial charge in [0.25, 0.3) is 0 Å². The minimum absolute atomic E-state index is 0.0853. The number of aromatic nitrogens is 1. The highest BCUT2D eigenvalue weighted by molar-refractivity contribution is 5.91. The van der Waals surface area contributed by atoms with Crippen molar-refractivity contribution in [2.24, 2.45) is 0 Å². The van der Waals surface area contributed by atoms with Gasteiger partial charge >= 0.3 is 6.18 Å². The first kappa shape index (κ1) is 15.1. The number of ether oxygens (including phenoxy) is 1. The molecule has 0 aliphatic heterocycles. The number of para-hydroxylation sites is 1. The highest BCUT2D eigenvalue weighted by Crippen LogP contribution is 2.22. The predicted octanol–water partition coefficient (Wildman–Crippen LogP) is 3.10. The number of rotatable bonds is 5. The summed E-state index contributed by atoms with van der Waals surface area (Å²) < 4.78 is 40.3. The van der Waals surface area contributed by atoms with Crippen LogP contribution in [0.4, 0.5) is 18.9 Å². The van der Waals surface area contributed by atoms with Gasteiger partial charge in [-0.25, -0.2) is 4.98 Å². The summed E-state index contributed by atoms with van der Waals surface area (Å²) in [6.07, 6.45) is -4.32. The van der Waals surface area contributed by atoms with Gasteiger partial charge in [-0.05, 0) is 12.1 Å². The Morgan fingerprint density at radius 1 is 1.29 bits per heavy atom. The molecule has 0 saturated heterocycles. The van der Waals surface area contributed by atoms with Gasteiger partial charge in [0.05, 0.1) is 12.1 Å². The van der Waals surface area contributed by atoms with Gasteiger partial charge in [0.2, 0.25) is 0 Å². The fraction of sp³-hybridized carbons (Fsp3) is 0.286. The van der Waals surface area contributed by atoms with Crippen molar-refractivity contribution in [2.75, 3.05) is 25.1 Å². The van der Waals surface area contributed by atoms with E-state index in [1.807, 2.05) is 18.2 Å². The van der Waals surface area contributed by atoms with Crippen LogP contribution in [0.1, 0.15) is 5.69 Å². The Labute approximate surface area is 119 Å². The van der Waals surface area contributed by atoms with E-state index in [1.165, 1.54) is 0 Å². The van der Waals surface area contributed by atoms with Gasteiger partial charge in [0.15, 0.2) is 0 Å². The second-order valence-corrected chi connectivity index (χ2v) is 4.28. The highest BCUT2D eigenvalue weighted by atomic mass is 19.4. The molecule has 1 aromatic carbocycles. The van der Waals surface area contributed by atoms with E-state index in [4.69, 9.17) is 5.26 Å². The minimum atomic E-state index is -4.32. The van der Waals surface area contributed by atoms with Crippen molar-refractivity contribution in [3.05, 3.63) is 36.0 Å². The lowest BCUT2D eigenvalue weighted by atomic mass is 10.1. The molecule has 0 atom stereocenters. The summed E-state index contributed by atoms with van der Waals surface area (Å²) in [5.74, 6) is 0. The number of nitrogens with one attached hydrogen (secondary N) is 1. The third-order valence-electron chi connectivity index (χ3n) is 2.66. The second kappa shape index (κ2) is 6.41. The molecule has 7 heteroatoms. The molecule has 0 saturated carbocycles. The minimum Gasteiger partial charge on any atom is -0.382 e. The fourth-order valence-corrected chi connectivity index (χ4v) is 1.82. The molecule has 2 aromatic rings. The van der Waals surface area contributed by atoms with Crippen LogP contribution >= 0.6 is 0 Å². The molecule has 110 valence electrons. The molecule has 2 rings (SSSR count). The topological polar surface area (TPSA) is 57.9 Å². The molecule has 0 fully saturated rings. The first-order valence-electron chi connectivity index (χ1n) is 6.18. The summed E-state index contributed by atoms with van der Waals surface area (Å²) in [5.41, 5.74) is 1.54. The molecule has 0 bridgehead atoms. The molecule has 0 aliphatic carbocycles. The normalized spacial score (nSPS) is 11.3. The first-order valence-corrected chi connectivity index (χ1v) is 6.18. The molecule has 0 amide bonds. The number of anilines is 1. The van der Waals surface area contributed by atoms with E-state index in [-0.39, 0.29) is 18.8 Å².